The van der Waals surface area contributed by atoms with Crippen LogP contribution in [-0.2, 0) is 33.1 Å². The summed E-state index contributed by atoms with van der Waals surface area (Å²) in [5, 5.41) is 2.25. The number of furan rings is 1. The molecular weight excluding hydrogens is 743 g/mol. The number of hydrogen-bond acceptors (Lipinski definition) is 3. The van der Waals surface area contributed by atoms with Crippen molar-refractivity contribution in [2.75, 3.05) is 0 Å². The van der Waals surface area contributed by atoms with Crippen LogP contribution in [0.4, 0.5) is 0 Å². The van der Waals surface area contributed by atoms with E-state index in [-0.39, 0.29) is 25.5 Å². The van der Waals surface area contributed by atoms with E-state index < -0.39 is 0 Å². The fraction of sp³-hybridized carbons (Fsp3) is 0.220. The Bertz CT molecular complexity index is 2180. The summed E-state index contributed by atoms with van der Waals surface area (Å²) in [5.41, 5.74) is 11.3. The molecule has 0 unspecified atom stereocenters. The van der Waals surface area contributed by atoms with Crippen LogP contribution in [0.2, 0.25) is 0 Å². The van der Waals surface area contributed by atoms with Gasteiger partial charge in [0.15, 0.2) is 0 Å². The van der Waals surface area contributed by atoms with E-state index in [9.17, 15) is 0 Å². The van der Waals surface area contributed by atoms with E-state index in [2.05, 4.69) is 111 Å². The zero-order valence-corrected chi connectivity index (χ0v) is 29.3. The molecule has 0 spiro atoms. The standard InChI is InChI=1S/C22H20NO.C19H17N2.Ir/c1-22(2,3)14-15-11-12-23-19(13-15)18-9-6-8-17-16-7-4-5-10-20(16)24-21(17)18;1-13(2)15-11-12-21-18-16(15)9-6-10-17(18)20-19(21)14-7-4-3-5-8-14;/h4-8,10-13H,14H2,1-3H3;3-7,9-11,13H,12H2,1-2H3;/q2*-1;. The molecule has 233 valence electrons. The smallest absolute Gasteiger partial charge is 0.120 e. The monoisotopic (exact) mass is 780 g/mol. The molecule has 0 saturated carbocycles. The minimum Gasteiger partial charge on any atom is -0.501 e. The van der Waals surface area contributed by atoms with Gasteiger partial charge in [-0.2, -0.15) is 0 Å². The maximum Gasteiger partial charge on any atom is 0.120 e. The number of fused-ring (bicyclic) bond motifs is 3. The molecule has 3 aromatic heterocycles. The Balaban J connectivity index is 0.000000159. The first-order valence-corrected chi connectivity index (χ1v) is 15.7. The number of para-hydroxylation sites is 2. The first kappa shape index (κ1) is 31.7. The van der Waals surface area contributed by atoms with Gasteiger partial charge in [-0.1, -0.05) is 93.6 Å². The average molecular weight is 780 g/mol. The Morgan fingerprint density at radius 3 is 2.50 bits per heavy atom. The predicted molar refractivity (Wildman–Crippen MR) is 186 cm³/mol. The van der Waals surface area contributed by atoms with Crippen molar-refractivity contribution in [1.29, 1.82) is 0 Å². The molecule has 0 amide bonds. The second kappa shape index (κ2) is 12.8. The maximum atomic E-state index is 6.11. The van der Waals surface area contributed by atoms with Crippen molar-refractivity contribution >= 4 is 38.5 Å². The van der Waals surface area contributed by atoms with E-state index in [1.807, 2.05) is 48.7 Å². The maximum absolute atomic E-state index is 6.11. The zero-order valence-electron chi connectivity index (χ0n) is 26.9. The first-order valence-electron chi connectivity index (χ1n) is 15.7. The molecule has 0 aliphatic carbocycles. The molecule has 0 atom stereocenters. The van der Waals surface area contributed by atoms with Gasteiger partial charge in [0.1, 0.15) is 5.58 Å². The minimum absolute atomic E-state index is 0. The second-order valence-corrected chi connectivity index (χ2v) is 13.3. The van der Waals surface area contributed by atoms with Crippen LogP contribution in [0, 0.1) is 23.5 Å². The summed E-state index contributed by atoms with van der Waals surface area (Å²) >= 11 is 0. The minimum atomic E-state index is 0. The Morgan fingerprint density at radius 2 is 1.72 bits per heavy atom. The van der Waals surface area contributed by atoms with Crippen molar-refractivity contribution in [3.63, 3.8) is 0 Å². The van der Waals surface area contributed by atoms with E-state index in [0.29, 0.717) is 5.92 Å². The number of allylic oxidation sites excluding steroid dienone is 2. The first-order chi connectivity index (χ1) is 21.8. The third-order valence-corrected chi connectivity index (χ3v) is 8.30. The number of imidazole rings is 1. The van der Waals surface area contributed by atoms with Gasteiger partial charge in [-0.25, -0.2) is 0 Å². The van der Waals surface area contributed by atoms with Crippen LogP contribution in [-0.4, -0.2) is 14.5 Å². The number of hydrogen-bond donors (Lipinski definition) is 0. The van der Waals surface area contributed by atoms with Gasteiger partial charge in [0.25, 0.3) is 0 Å². The molecule has 1 aliphatic rings. The Labute approximate surface area is 284 Å². The molecule has 5 heteroatoms. The molecule has 0 N–H and O–H groups in total. The second-order valence-electron chi connectivity index (χ2n) is 13.3. The summed E-state index contributed by atoms with van der Waals surface area (Å²) in [6.07, 6.45) is 5.23. The van der Waals surface area contributed by atoms with Gasteiger partial charge in [-0.05, 0) is 47.2 Å². The molecule has 7 aromatic rings. The molecule has 1 aliphatic heterocycles. The van der Waals surface area contributed by atoms with Gasteiger partial charge in [0, 0.05) is 43.8 Å². The van der Waals surface area contributed by atoms with E-state index in [1.54, 1.807) is 0 Å². The molecule has 0 fully saturated rings. The molecular formula is C41H37IrN3O-2. The predicted octanol–water partition coefficient (Wildman–Crippen LogP) is 10.6. The number of aromatic nitrogens is 3. The zero-order chi connectivity index (χ0) is 31.1. The van der Waals surface area contributed by atoms with Crippen molar-refractivity contribution in [2.45, 2.75) is 47.6 Å². The van der Waals surface area contributed by atoms with Crippen LogP contribution in [0.25, 0.3) is 61.2 Å². The third kappa shape index (κ3) is 6.10. The Hall–Kier alpha value is -4.31. The van der Waals surface area contributed by atoms with Crippen molar-refractivity contribution in [3.8, 4) is 22.6 Å². The molecule has 1 radical (unpaired) electrons. The summed E-state index contributed by atoms with van der Waals surface area (Å²) < 4.78 is 8.42. The van der Waals surface area contributed by atoms with Crippen LogP contribution in [0.3, 0.4) is 0 Å². The van der Waals surface area contributed by atoms with Gasteiger partial charge >= 0.3 is 0 Å². The third-order valence-electron chi connectivity index (χ3n) is 8.30. The van der Waals surface area contributed by atoms with Gasteiger partial charge < -0.3 is 14.0 Å². The van der Waals surface area contributed by atoms with Crippen LogP contribution < -0.4 is 0 Å². The van der Waals surface area contributed by atoms with Crippen molar-refractivity contribution in [3.05, 3.63) is 127 Å². The number of rotatable bonds is 4. The molecule has 4 nitrogen and oxygen atoms in total. The summed E-state index contributed by atoms with van der Waals surface area (Å²) in [7, 11) is 0. The van der Waals surface area contributed by atoms with Crippen molar-refractivity contribution in [2.24, 2.45) is 11.3 Å². The quantitative estimate of drug-likeness (QED) is 0.167. The molecule has 0 saturated heterocycles. The Morgan fingerprint density at radius 1 is 0.891 bits per heavy atom. The molecule has 8 rings (SSSR count). The number of benzene rings is 4. The number of pyridine rings is 1. The largest absolute Gasteiger partial charge is 0.501 e. The molecule has 4 heterocycles. The SMILES string of the molecule is CC(C)(C)Cc1ccnc(-c2[c-]ccc3c2oc2ccccc23)c1.CC(C)C1=CCn2c(-c3[c-]cccc3)nc3cccc1c32.[Ir]. The summed E-state index contributed by atoms with van der Waals surface area (Å²) in [4.78, 5) is 9.42. The van der Waals surface area contributed by atoms with Crippen molar-refractivity contribution in [1.82, 2.24) is 14.5 Å². The van der Waals surface area contributed by atoms with Crippen molar-refractivity contribution < 1.29 is 24.5 Å². The van der Waals surface area contributed by atoms with Gasteiger partial charge in [-0.15, -0.1) is 54.1 Å². The summed E-state index contributed by atoms with van der Waals surface area (Å²) in [5.74, 6) is 1.54. The average Bonchev–Trinajstić information content (AvgIpc) is 3.61. The van der Waals surface area contributed by atoms with E-state index in [4.69, 9.17) is 9.40 Å². The van der Waals surface area contributed by atoms with Gasteiger partial charge in [0.2, 0.25) is 0 Å². The van der Waals surface area contributed by atoms with E-state index in [1.165, 1.54) is 22.2 Å². The van der Waals surface area contributed by atoms with Crippen LogP contribution in [0.5, 0.6) is 0 Å². The van der Waals surface area contributed by atoms with Gasteiger partial charge in [0.05, 0.1) is 22.4 Å². The van der Waals surface area contributed by atoms with E-state index >= 15 is 0 Å². The fourth-order valence-electron chi connectivity index (χ4n) is 6.39. The fourth-order valence-corrected chi connectivity index (χ4v) is 6.39. The van der Waals surface area contributed by atoms with Crippen LogP contribution >= 0.6 is 0 Å². The topological polar surface area (TPSA) is 43.9 Å². The molecule has 0 bridgehead atoms. The van der Waals surface area contributed by atoms with E-state index in [0.717, 1.165) is 63.1 Å². The Kier molecular flexibility index (Phi) is 8.83. The summed E-state index contributed by atoms with van der Waals surface area (Å²) in [6, 6.07) is 37.5. The van der Waals surface area contributed by atoms with Crippen LogP contribution in [0.15, 0.2) is 108 Å². The number of nitrogens with zero attached hydrogens (tertiary/aromatic N) is 3. The molecule has 4 aromatic carbocycles. The summed E-state index contributed by atoms with van der Waals surface area (Å²) in [6.45, 7) is 12.1. The normalized spacial score (nSPS) is 12.6. The van der Waals surface area contributed by atoms with Crippen LogP contribution in [0.1, 0.15) is 45.7 Å². The van der Waals surface area contributed by atoms with Gasteiger partial charge in [-0.3, -0.25) is 4.98 Å². The molecule has 46 heavy (non-hydrogen) atoms.